The van der Waals surface area contributed by atoms with Crippen molar-refractivity contribution in [1.82, 2.24) is 5.32 Å². The maximum Gasteiger partial charge on any atom is 0.441 e. The van der Waals surface area contributed by atoms with Crippen LogP contribution in [0.2, 0.25) is 0 Å². The van der Waals surface area contributed by atoms with E-state index in [2.05, 4.69) is 5.32 Å². The van der Waals surface area contributed by atoms with Crippen LogP contribution in [0.15, 0.2) is 18.2 Å². The standard InChI is InChI=1S/C9H6F3IN2O2/c10-9(11,12)8(17)5-3-4(13)1-2-6(5)14-7(16)15-8/h1-3,17H,(H2,14,15,16). The Morgan fingerprint density at radius 1 is 1.35 bits per heavy atom. The van der Waals surface area contributed by atoms with Crippen molar-refractivity contribution in [3.05, 3.63) is 27.3 Å². The summed E-state index contributed by atoms with van der Waals surface area (Å²) in [4.78, 5) is 11.1. The molecule has 0 spiro atoms. The van der Waals surface area contributed by atoms with Gasteiger partial charge in [0.05, 0.1) is 5.69 Å². The minimum atomic E-state index is -5.00. The predicted molar refractivity (Wildman–Crippen MR) is 61.3 cm³/mol. The van der Waals surface area contributed by atoms with Crippen LogP contribution < -0.4 is 10.6 Å². The summed E-state index contributed by atoms with van der Waals surface area (Å²) >= 11 is 1.82. The topological polar surface area (TPSA) is 61.4 Å². The molecule has 2 rings (SSSR count). The minimum Gasteiger partial charge on any atom is -0.360 e. The normalized spacial score (nSPS) is 23.7. The van der Waals surface area contributed by atoms with E-state index in [0.29, 0.717) is 3.57 Å². The van der Waals surface area contributed by atoms with Crippen LogP contribution in [0.5, 0.6) is 0 Å². The highest BCUT2D eigenvalue weighted by molar-refractivity contribution is 14.1. The quantitative estimate of drug-likeness (QED) is 0.623. The molecule has 1 aromatic rings. The summed E-state index contributed by atoms with van der Waals surface area (Å²) < 4.78 is 39.0. The van der Waals surface area contributed by atoms with Gasteiger partial charge in [-0.15, -0.1) is 0 Å². The number of rotatable bonds is 0. The first-order valence-corrected chi connectivity index (χ1v) is 5.50. The Kier molecular flexibility index (Phi) is 2.73. The van der Waals surface area contributed by atoms with E-state index < -0.39 is 23.5 Å². The van der Waals surface area contributed by atoms with Gasteiger partial charge >= 0.3 is 12.2 Å². The van der Waals surface area contributed by atoms with Crippen LogP contribution in [0, 0.1) is 3.57 Å². The van der Waals surface area contributed by atoms with Crippen molar-refractivity contribution in [1.29, 1.82) is 0 Å². The van der Waals surface area contributed by atoms with Crippen molar-refractivity contribution in [3.8, 4) is 0 Å². The molecule has 3 N–H and O–H groups in total. The van der Waals surface area contributed by atoms with Gasteiger partial charge in [-0.3, -0.25) is 5.32 Å². The van der Waals surface area contributed by atoms with Crippen molar-refractivity contribution in [2.24, 2.45) is 0 Å². The van der Waals surface area contributed by atoms with Gasteiger partial charge in [0.25, 0.3) is 5.72 Å². The molecule has 0 aromatic heterocycles. The monoisotopic (exact) mass is 358 g/mol. The van der Waals surface area contributed by atoms with E-state index in [1.807, 2.05) is 22.6 Å². The lowest BCUT2D eigenvalue weighted by Gasteiger charge is -2.36. The fraction of sp³-hybridized carbons (Fsp3) is 0.222. The second-order valence-corrected chi connectivity index (χ2v) is 4.72. The van der Waals surface area contributed by atoms with Crippen molar-refractivity contribution in [2.75, 3.05) is 5.32 Å². The van der Waals surface area contributed by atoms with Gasteiger partial charge in [-0.1, -0.05) is 0 Å². The Labute approximate surface area is 107 Å². The highest BCUT2D eigenvalue weighted by Crippen LogP contribution is 2.42. The number of carbonyl (C=O) groups excluding carboxylic acids is 1. The van der Waals surface area contributed by atoms with Crippen molar-refractivity contribution in [3.63, 3.8) is 0 Å². The molecular formula is C9H6F3IN2O2. The fourth-order valence-electron chi connectivity index (χ4n) is 1.53. The third-order valence-electron chi connectivity index (χ3n) is 2.32. The lowest BCUT2D eigenvalue weighted by Crippen LogP contribution is -2.60. The predicted octanol–water partition coefficient (Wildman–Crippen LogP) is 2.13. The molecule has 17 heavy (non-hydrogen) atoms. The summed E-state index contributed by atoms with van der Waals surface area (Å²) in [5.41, 5.74) is -3.84. The van der Waals surface area contributed by atoms with Gasteiger partial charge in [-0.05, 0) is 40.8 Å². The van der Waals surface area contributed by atoms with Crippen LogP contribution in [0.3, 0.4) is 0 Å². The molecule has 1 unspecified atom stereocenters. The third-order valence-corrected chi connectivity index (χ3v) is 3.00. The second kappa shape index (κ2) is 3.73. The zero-order valence-electron chi connectivity index (χ0n) is 8.10. The summed E-state index contributed by atoms with van der Waals surface area (Å²) in [6.45, 7) is 0. The first kappa shape index (κ1) is 12.4. The average Bonchev–Trinajstić information content (AvgIpc) is 2.17. The molecule has 2 amide bonds. The van der Waals surface area contributed by atoms with Gasteiger partial charge in [0.2, 0.25) is 0 Å². The highest BCUT2D eigenvalue weighted by Gasteiger charge is 2.59. The Hall–Kier alpha value is -1.03. The molecule has 0 fully saturated rings. The fourth-order valence-corrected chi connectivity index (χ4v) is 2.02. The van der Waals surface area contributed by atoms with E-state index in [1.54, 1.807) is 0 Å². The molecule has 1 aliphatic rings. The van der Waals surface area contributed by atoms with E-state index in [9.17, 15) is 23.1 Å². The number of anilines is 1. The van der Waals surface area contributed by atoms with Gasteiger partial charge in [0.15, 0.2) is 0 Å². The Morgan fingerprint density at radius 2 is 2.00 bits per heavy atom. The van der Waals surface area contributed by atoms with Crippen molar-refractivity contribution < 1.29 is 23.1 Å². The first-order valence-electron chi connectivity index (χ1n) is 4.42. The zero-order valence-corrected chi connectivity index (χ0v) is 10.3. The molecule has 4 nitrogen and oxygen atoms in total. The SMILES string of the molecule is O=C1Nc2ccc(I)cc2C(O)(C(F)(F)F)N1. The van der Waals surface area contributed by atoms with E-state index in [1.165, 1.54) is 17.4 Å². The Bertz CT molecular complexity index is 492. The Balaban J connectivity index is 2.65. The molecule has 1 aliphatic heterocycles. The van der Waals surface area contributed by atoms with Crippen molar-refractivity contribution in [2.45, 2.75) is 11.9 Å². The molecule has 0 saturated carbocycles. The molecule has 92 valence electrons. The molecule has 0 saturated heterocycles. The molecule has 1 aromatic carbocycles. The zero-order chi connectivity index (χ0) is 12.8. The van der Waals surface area contributed by atoms with Crippen LogP contribution in [-0.2, 0) is 5.72 Å². The number of urea groups is 1. The summed E-state index contributed by atoms with van der Waals surface area (Å²) in [6, 6.07) is 2.91. The number of benzene rings is 1. The largest absolute Gasteiger partial charge is 0.441 e. The molecular weight excluding hydrogens is 352 g/mol. The minimum absolute atomic E-state index is 0.0611. The number of aliphatic hydroxyl groups is 1. The average molecular weight is 358 g/mol. The summed E-state index contributed by atoms with van der Waals surface area (Å²) in [7, 11) is 0. The molecule has 1 heterocycles. The molecule has 0 bridgehead atoms. The van der Waals surface area contributed by atoms with Crippen molar-refractivity contribution >= 4 is 34.3 Å². The van der Waals surface area contributed by atoms with Gasteiger partial charge in [-0.2, -0.15) is 13.2 Å². The third kappa shape index (κ3) is 1.95. The number of nitrogens with one attached hydrogen (secondary N) is 2. The van der Waals surface area contributed by atoms with E-state index >= 15 is 0 Å². The van der Waals surface area contributed by atoms with Gasteiger partial charge < -0.3 is 10.4 Å². The molecule has 1 atom stereocenters. The van der Waals surface area contributed by atoms with Crippen LogP contribution in [0.1, 0.15) is 5.56 Å². The number of fused-ring (bicyclic) bond motifs is 1. The van der Waals surface area contributed by atoms with E-state index in [-0.39, 0.29) is 5.69 Å². The van der Waals surface area contributed by atoms with Crippen LogP contribution >= 0.6 is 22.6 Å². The first-order chi connectivity index (χ1) is 7.74. The van der Waals surface area contributed by atoms with Crippen LogP contribution in [0.4, 0.5) is 23.7 Å². The number of hydrogen-bond acceptors (Lipinski definition) is 2. The van der Waals surface area contributed by atoms with Gasteiger partial charge in [-0.25, -0.2) is 4.79 Å². The molecule has 0 radical (unpaired) electrons. The van der Waals surface area contributed by atoms with Crippen LogP contribution in [-0.4, -0.2) is 17.3 Å². The summed E-state index contributed by atoms with van der Waals surface area (Å²) in [6.07, 6.45) is -5.00. The molecule has 8 heteroatoms. The van der Waals surface area contributed by atoms with E-state index in [0.717, 1.165) is 6.07 Å². The maximum absolute atomic E-state index is 12.8. The summed E-state index contributed by atoms with van der Waals surface area (Å²) in [5, 5.41) is 13.3. The number of amides is 2. The highest BCUT2D eigenvalue weighted by atomic mass is 127. The number of halogens is 4. The second-order valence-electron chi connectivity index (χ2n) is 3.48. The number of alkyl halides is 3. The van der Waals surface area contributed by atoms with E-state index in [4.69, 9.17) is 0 Å². The summed E-state index contributed by atoms with van der Waals surface area (Å²) in [5.74, 6) is 0. The van der Waals surface area contributed by atoms with Gasteiger partial charge in [0.1, 0.15) is 0 Å². The molecule has 0 aliphatic carbocycles. The maximum atomic E-state index is 12.8. The van der Waals surface area contributed by atoms with Crippen LogP contribution in [0.25, 0.3) is 0 Å². The number of carbonyl (C=O) groups is 1. The lowest BCUT2D eigenvalue weighted by molar-refractivity contribution is -0.274. The smallest absolute Gasteiger partial charge is 0.360 e. The van der Waals surface area contributed by atoms with Gasteiger partial charge in [0, 0.05) is 9.13 Å². The number of hydrogen-bond donors (Lipinski definition) is 3. The Morgan fingerprint density at radius 3 is 2.59 bits per heavy atom. The lowest BCUT2D eigenvalue weighted by atomic mass is 9.98.